The molecule has 4 atom stereocenters. The summed E-state index contributed by atoms with van der Waals surface area (Å²) in [5.41, 5.74) is 0. The summed E-state index contributed by atoms with van der Waals surface area (Å²) < 4.78 is 0. The number of quaternary nitrogens is 2. The second-order valence-corrected chi connectivity index (χ2v) is 12.4. The monoisotopic (exact) mass is 519 g/mol. The van der Waals surface area contributed by atoms with Crippen molar-refractivity contribution in [2.45, 2.75) is 109 Å². The van der Waals surface area contributed by atoms with Gasteiger partial charge in [-0.1, -0.05) is 0 Å². The zero-order valence-corrected chi connectivity index (χ0v) is 23.4. The van der Waals surface area contributed by atoms with Gasteiger partial charge in [0.1, 0.15) is 0 Å². The Labute approximate surface area is 224 Å². The lowest BCUT2D eigenvalue weighted by Gasteiger charge is -2.34. The molecule has 4 unspecified atom stereocenters. The second kappa shape index (κ2) is 13.9. The summed E-state index contributed by atoms with van der Waals surface area (Å²) in [5.74, 6) is 0.929. The van der Waals surface area contributed by atoms with Gasteiger partial charge in [-0.2, -0.15) is 0 Å². The highest BCUT2D eigenvalue weighted by atomic mass is 16.2. The van der Waals surface area contributed by atoms with Crippen LogP contribution in [0, 0.1) is 17.8 Å². The minimum absolute atomic E-state index is 0.0548. The molecular formula is C29H53N5O3+2. The first kappa shape index (κ1) is 28.3. The van der Waals surface area contributed by atoms with Crippen molar-refractivity contribution in [1.82, 2.24) is 16.0 Å². The predicted molar refractivity (Wildman–Crippen MR) is 144 cm³/mol. The van der Waals surface area contributed by atoms with Crippen LogP contribution in [0.4, 0.5) is 0 Å². The first-order valence-electron chi connectivity index (χ1n) is 15.5. The summed E-state index contributed by atoms with van der Waals surface area (Å²) in [6.45, 7) is 11.1. The number of hydrogen-bond donors (Lipinski definition) is 5. The quantitative estimate of drug-likeness (QED) is 0.308. The van der Waals surface area contributed by atoms with Crippen molar-refractivity contribution in [3.05, 3.63) is 0 Å². The van der Waals surface area contributed by atoms with E-state index >= 15 is 0 Å². The van der Waals surface area contributed by atoms with Crippen LogP contribution >= 0.6 is 0 Å². The van der Waals surface area contributed by atoms with Gasteiger partial charge in [0.25, 0.3) is 0 Å². The Morgan fingerprint density at radius 3 is 1.49 bits per heavy atom. The lowest BCUT2D eigenvalue weighted by molar-refractivity contribution is -0.905. The van der Waals surface area contributed by atoms with Gasteiger partial charge in [0.15, 0.2) is 0 Å². The molecule has 5 N–H and O–H groups in total. The Morgan fingerprint density at radius 1 is 0.541 bits per heavy atom. The van der Waals surface area contributed by atoms with Crippen molar-refractivity contribution in [3.8, 4) is 0 Å². The van der Waals surface area contributed by atoms with Gasteiger partial charge in [-0.05, 0) is 90.9 Å². The molecule has 2 aliphatic carbocycles. The van der Waals surface area contributed by atoms with Crippen LogP contribution < -0.4 is 25.8 Å². The zero-order valence-electron chi connectivity index (χ0n) is 23.4. The number of piperidine rings is 2. The Bertz CT molecular complexity index is 761. The average Bonchev–Trinajstić information content (AvgIpc) is 2.94. The van der Waals surface area contributed by atoms with Gasteiger partial charge in [-0.15, -0.1) is 0 Å². The topological polar surface area (TPSA) is 96.2 Å². The van der Waals surface area contributed by atoms with Gasteiger partial charge in [0, 0.05) is 23.9 Å². The number of hydrogen-bond acceptors (Lipinski definition) is 3. The van der Waals surface area contributed by atoms with Crippen LogP contribution in [0.3, 0.4) is 0 Å². The molecule has 4 rings (SSSR count). The fourth-order valence-corrected chi connectivity index (χ4v) is 7.25. The number of likely N-dealkylation sites (N-methyl/N-ethyl adjacent to an activating group) is 1. The van der Waals surface area contributed by atoms with E-state index in [1.54, 1.807) is 4.90 Å². The molecule has 37 heavy (non-hydrogen) atoms. The van der Waals surface area contributed by atoms with E-state index in [-0.39, 0.29) is 47.6 Å². The van der Waals surface area contributed by atoms with Crippen molar-refractivity contribution < 1.29 is 24.2 Å². The number of carbonyl (C=O) groups is 3. The fourth-order valence-electron chi connectivity index (χ4n) is 7.25. The Balaban J connectivity index is 1.11. The summed E-state index contributed by atoms with van der Waals surface area (Å²) in [6.07, 6.45) is 11.5. The predicted octanol–water partition coefficient (Wildman–Crippen LogP) is -0.165. The number of carbonyl (C=O) groups excluding carboxylic acids is 3. The molecule has 2 heterocycles. The van der Waals surface area contributed by atoms with Gasteiger partial charge in [-0.25, -0.2) is 0 Å². The molecule has 2 saturated heterocycles. The number of amides is 3. The molecule has 0 radical (unpaired) electrons. The minimum Gasteiger partial charge on any atom is -0.353 e. The smallest absolute Gasteiger partial charge is 0.229 e. The molecule has 2 aliphatic heterocycles. The van der Waals surface area contributed by atoms with E-state index in [2.05, 4.69) is 29.8 Å². The van der Waals surface area contributed by atoms with Gasteiger partial charge >= 0.3 is 0 Å². The van der Waals surface area contributed by atoms with Crippen molar-refractivity contribution in [2.24, 2.45) is 17.8 Å². The van der Waals surface area contributed by atoms with Crippen molar-refractivity contribution in [2.75, 3.05) is 39.3 Å². The van der Waals surface area contributed by atoms with Crippen LogP contribution in [0.2, 0.25) is 0 Å². The van der Waals surface area contributed by atoms with Gasteiger partial charge in [0.2, 0.25) is 17.7 Å². The maximum Gasteiger partial charge on any atom is 0.229 e. The lowest BCUT2D eigenvalue weighted by Crippen LogP contribution is -3.14. The third-order valence-corrected chi connectivity index (χ3v) is 9.84. The number of rotatable bonds is 8. The van der Waals surface area contributed by atoms with E-state index in [0.717, 1.165) is 96.8 Å². The van der Waals surface area contributed by atoms with Crippen molar-refractivity contribution in [3.63, 3.8) is 0 Å². The summed E-state index contributed by atoms with van der Waals surface area (Å²) in [4.78, 5) is 41.7. The third kappa shape index (κ3) is 8.16. The first-order valence-corrected chi connectivity index (χ1v) is 15.5. The highest BCUT2D eigenvalue weighted by Crippen LogP contribution is 2.28. The van der Waals surface area contributed by atoms with E-state index in [1.165, 1.54) is 24.4 Å². The Kier molecular flexibility index (Phi) is 10.7. The van der Waals surface area contributed by atoms with Crippen LogP contribution in [0.1, 0.15) is 90.9 Å². The maximum atomic E-state index is 13.0. The molecule has 4 aliphatic rings. The molecule has 8 nitrogen and oxygen atoms in total. The van der Waals surface area contributed by atoms with E-state index in [9.17, 15) is 14.4 Å². The van der Waals surface area contributed by atoms with Gasteiger partial charge in [0.05, 0.1) is 51.2 Å². The zero-order chi connectivity index (χ0) is 26.2. The van der Waals surface area contributed by atoms with E-state index < -0.39 is 0 Å². The summed E-state index contributed by atoms with van der Waals surface area (Å²) in [5, 5.41) is 9.92. The molecule has 8 heteroatoms. The second-order valence-electron chi connectivity index (χ2n) is 12.4. The van der Waals surface area contributed by atoms with Crippen LogP contribution in [-0.4, -0.2) is 75.1 Å². The summed E-state index contributed by atoms with van der Waals surface area (Å²) >= 11 is 0. The molecule has 3 amide bonds. The Morgan fingerprint density at radius 2 is 0.973 bits per heavy atom. The highest BCUT2D eigenvalue weighted by molar-refractivity contribution is 5.81. The van der Waals surface area contributed by atoms with Gasteiger partial charge in [-0.3, -0.25) is 14.4 Å². The van der Waals surface area contributed by atoms with Gasteiger partial charge < -0.3 is 25.8 Å². The standard InChI is InChI=1S/C29H51N5O3/c1-3-33-17-5-7-23(19-33)29(37)31-25-15-9-21(10-16-25)27(35)30-24-13-11-22(12-14-24)28(36)32-26-8-6-18-34(4-2)20-26/h21-26H,3-20H2,1-2H3,(H,30,35)(H,31,37)(H,32,36)/p+2. The van der Waals surface area contributed by atoms with E-state index in [0.29, 0.717) is 6.04 Å². The maximum absolute atomic E-state index is 13.0. The Hall–Kier alpha value is -1.67. The van der Waals surface area contributed by atoms with Crippen molar-refractivity contribution >= 4 is 17.7 Å². The van der Waals surface area contributed by atoms with Crippen LogP contribution in [0.5, 0.6) is 0 Å². The van der Waals surface area contributed by atoms with E-state index in [1.807, 2.05) is 0 Å². The molecule has 0 spiro atoms. The summed E-state index contributed by atoms with van der Waals surface area (Å²) in [7, 11) is 0. The first-order chi connectivity index (χ1) is 17.9. The molecule has 0 bridgehead atoms. The molecule has 0 aromatic carbocycles. The largest absolute Gasteiger partial charge is 0.353 e. The number of nitrogens with one attached hydrogen (secondary N) is 5. The minimum atomic E-state index is 0.0548. The lowest BCUT2D eigenvalue weighted by atomic mass is 9.83. The van der Waals surface area contributed by atoms with E-state index in [4.69, 9.17) is 0 Å². The SMILES string of the molecule is CC[NH+]1CCCC(NC(=O)C2CCC(NC(=O)C3CCC(NC(=O)C4CCC[NH+](CC)C4)CC3)CC2)C1. The molecular weight excluding hydrogens is 466 g/mol. The fraction of sp³-hybridized carbons (Fsp3) is 0.897. The molecule has 210 valence electrons. The summed E-state index contributed by atoms with van der Waals surface area (Å²) in [6, 6.07) is 0.731. The highest BCUT2D eigenvalue weighted by Gasteiger charge is 2.34. The average molecular weight is 520 g/mol. The van der Waals surface area contributed by atoms with Crippen LogP contribution in [0.25, 0.3) is 0 Å². The molecule has 4 fully saturated rings. The van der Waals surface area contributed by atoms with Crippen LogP contribution in [0.15, 0.2) is 0 Å². The van der Waals surface area contributed by atoms with Crippen molar-refractivity contribution in [1.29, 1.82) is 0 Å². The van der Waals surface area contributed by atoms with Crippen LogP contribution in [-0.2, 0) is 14.4 Å². The third-order valence-electron chi connectivity index (χ3n) is 9.84. The molecule has 0 aromatic rings. The molecule has 2 saturated carbocycles. The normalized spacial score (nSPS) is 36.8. The number of likely N-dealkylation sites (tertiary alicyclic amines) is 2. The molecule has 0 aromatic heterocycles.